The van der Waals surface area contributed by atoms with Crippen LogP contribution in [0.5, 0.6) is 0 Å². The zero-order valence-corrected chi connectivity index (χ0v) is 5.68. The minimum atomic E-state index is 0.384. The highest BCUT2D eigenvalue weighted by Crippen LogP contribution is 2.12. The molecule has 0 aliphatic rings. The van der Waals surface area contributed by atoms with E-state index in [1.165, 1.54) is 0 Å². The predicted octanol–water partition coefficient (Wildman–Crippen LogP) is 2.00. The van der Waals surface area contributed by atoms with Crippen molar-refractivity contribution in [2.75, 3.05) is 0 Å². The summed E-state index contributed by atoms with van der Waals surface area (Å²) in [6, 6.07) is 5.65. The van der Waals surface area contributed by atoms with E-state index in [4.69, 9.17) is 5.73 Å². The van der Waals surface area contributed by atoms with Crippen LogP contribution in [0, 0.1) is 13.8 Å². The van der Waals surface area contributed by atoms with E-state index in [0.717, 1.165) is 11.1 Å². The normalized spacial score (nSPS) is 9.56. The van der Waals surface area contributed by atoms with E-state index in [2.05, 4.69) is 0 Å². The van der Waals surface area contributed by atoms with Gasteiger partial charge >= 0.3 is 0 Å². The first-order valence-corrected chi connectivity index (χ1v) is 2.96. The van der Waals surface area contributed by atoms with Crippen LogP contribution in [0.4, 0.5) is 5.69 Å². The summed E-state index contributed by atoms with van der Waals surface area (Å²) in [5.41, 5.74) is 11.5. The molecule has 2 radical (unpaired) electrons. The van der Waals surface area contributed by atoms with Crippen LogP contribution in [0.25, 0.3) is 0 Å². The molecule has 0 saturated heterocycles. The van der Waals surface area contributed by atoms with Gasteiger partial charge in [0.05, 0.1) is 5.69 Å². The predicted molar refractivity (Wildman–Crippen MR) is 37.7 cm³/mol. The van der Waals surface area contributed by atoms with Crippen molar-refractivity contribution >= 4 is 5.69 Å². The van der Waals surface area contributed by atoms with Crippen molar-refractivity contribution in [2.45, 2.75) is 13.8 Å². The topological polar surface area (TPSA) is 22.3 Å². The van der Waals surface area contributed by atoms with Crippen LogP contribution in [0.1, 0.15) is 11.1 Å². The quantitative estimate of drug-likeness (QED) is 0.498. The Kier molecular flexibility index (Phi) is 1.43. The molecule has 0 amide bonds. The van der Waals surface area contributed by atoms with Gasteiger partial charge in [0, 0.05) is 0 Å². The molecule has 0 aliphatic carbocycles. The van der Waals surface area contributed by atoms with Gasteiger partial charge in [-0.15, -0.1) is 0 Å². The fourth-order valence-electron chi connectivity index (χ4n) is 0.719. The summed E-state index contributed by atoms with van der Waals surface area (Å²) in [7, 11) is 0. The van der Waals surface area contributed by atoms with Gasteiger partial charge in [0.1, 0.15) is 0 Å². The average molecular weight is 119 g/mol. The van der Waals surface area contributed by atoms with Crippen LogP contribution in [-0.4, -0.2) is 0 Å². The molecule has 0 spiro atoms. The standard InChI is InChI=1S/C8H9N/c1-6-3-4-7(2)8(9)5-6/h3-5H,1-2H3. The number of hydrogen-bond acceptors (Lipinski definition) is 0. The molecule has 1 rings (SSSR count). The van der Waals surface area contributed by atoms with E-state index in [1.54, 1.807) is 6.07 Å². The third-order valence-corrected chi connectivity index (χ3v) is 1.36. The van der Waals surface area contributed by atoms with Crippen molar-refractivity contribution < 1.29 is 0 Å². The monoisotopic (exact) mass is 119 g/mol. The number of benzene rings is 1. The fourth-order valence-corrected chi connectivity index (χ4v) is 0.719. The Labute approximate surface area is 55.5 Å². The number of aryl methyl sites for hydroxylation is 2. The minimum absolute atomic E-state index is 0.384. The van der Waals surface area contributed by atoms with Crippen LogP contribution in [-0.2, 0) is 0 Å². The summed E-state index contributed by atoms with van der Waals surface area (Å²) >= 11 is 0. The van der Waals surface area contributed by atoms with E-state index in [-0.39, 0.29) is 0 Å². The minimum Gasteiger partial charge on any atom is -0.150 e. The molecule has 0 unspecified atom stereocenters. The second-order valence-corrected chi connectivity index (χ2v) is 2.29. The van der Waals surface area contributed by atoms with Gasteiger partial charge in [-0.25, -0.2) is 0 Å². The van der Waals surface area contributed by atoms with Gasteiger partial charge in [-0.2, -0.15) is 5.73 Å². The summed E-state index contributed by atoms with van der Waals surface area (Å²) in [5.74, 6) is 0. The van der Waals surface area contributed by atoms with Crippen LogP contribution in [0.3, 0.4) is 0 Å². The highest BCUT2D eigenvalue weighted by atomic mass is 14.5. The molecule has 0 aromatic heterocycles. The Morgan fingerprint density at radius 1 is 1.22 bits per heavy atom. The summed E-state index contributed by atoms with van der Waals surface area (Å²) < 4.78 is 0. The molecule has 46 valence electrons. The Hall–Kier alpha value is -0.980. The molecule has 9 heavy (non-hydrogen) atoms. The molecule has 0 N–H and O–H groups in total. The Morgan fingerprint density at radius 2 is 1.89 bits per heavy atom. The third kappa shape index (κ3) is 1.22. The number of nitrogens with zero attached hydrogens (tertiary/aromatic N) is 1. The lowest BCUT2D eigenvalue weighted by Gasteiger charge is -1.95. The van der Waals surface area contributed by atoms with Gasteiger partial charge in [-0.05, 0) is 31.0 Å². The Balaban J connectivity index is 3.17. The molecular formula is C8H9N. The molecule has 1 nitrogen and oxygen atoms in total. The van der Waals surface area contributed by atoms with Gasteiger partial charge in [-0.3, -0.25) is 0 Å². The maximum atomic E-state index is 9.10. The second-order valence-electron chi connectivity index (χ2n) is 2.29. The van der Waals surface area contributed by atoms with Crippen LogP contribution in [0.2, 0.25) is 0 Å². The van der Waals surface area contributed by atoms with Crippen LogP contribution >= 0.6 is 0 Å². The first kappa shape index (κ1) is 6.14. The molecule has 0 aliphatic heterocycles. The van der Waals surface area contributed by atoms with Crippen molar-refractivity contribution in [1.82, 2.24) is 5.73 Å². The maximum absolute atomic E-state index is 9.10. The van der Waals surface area contributed by atoms with Gasteiger partial charge < -0.3 is 0 Å². The van der Waals surface area contributed by atoms with E-state index in [1.807, 2.05) is 26.0 Å². The molecular weight excluding hydrogens is 110 g/mol. The average Bonchev–Trinajstić information content (AvgIpc) is 1.80. The molecule has 1 aromatic carbocycles. The van der Waals surface area contributed by atoms with E-state index >= 15 is 0 Å². The maximum Gasteiger partial charge on any atom is 0.0888 e. The third-order valence-electron chi connectivity index (χ3n) is 1.36. The molecule has 0 heterocycles. The highest BCUT2D eigenvalue weighted by molar-refractivity contribution is 5.44. The van der Waals surface area contributed by atoms with Gasteiger partial charge in [0.15, 0.2) is 0 Å². The SMILES string of the molecule is Cc1ccc(C)c([N])c1. The largest absolute Gasteiger partial charge is 0.150 e. The van der Waals surface area contributed by atoms with Gasteiger partial charge in [0.2, 0.25) is 0 Å². The summed E-state index contributed by atoms with van der Waals surface area (Å²) in [5, 5.41) is 0. The van der Waals surface area contributed by atoms with Crippen LogP contribution in [0.15, 0.2) is 18.2 Å². The van der Waals surface area contributed by atoms with E-state index in [9.17, 15) is 0 Å². The molecule has 1 heteroatoms. The lowest BCUT2D eigenvalue weighted by Crippen LogP contribution is -1.78. The Morgan fingerprint density at radius 3 is 2.33 bits per heavy atom. The molecule has 0 saturated carbocycles. The summed E-state index contributed by atoms with van der Waals surface area (Å²) in [4.78, 5) is 0. The number of rotatable bonds is 0. The first-order chi connectivity index (χ1) is 4.20. The zero-order valence-electron chi connectivity index (χ0n) is 5.68. The Bertz CT molecular complexity index is 216. The fraction of sp³-hybridized carbons (Fsp3) is 0.250. The second kappa shape index (κ2) is 2.09. The van der Waals surface area contributed by atoms with Crippen LogP contribution < -0.4 is 5.73 Å². The van der Waals surface area contributed by atoms with E-state index in [0.29, 0.717) is 5.69 Å². The summed E-state index contributed by atoms with van der Waals surface area (Å²) in [6.45, 7) is 3.84. The van der Waals surface area contributed by atoms with E-state index < -0.39 is 0 Å². The molecule has 1 aromatic rings. The first-order valence-electron chi connectivity index (χ1n) is 2.96. The van der Waals surface area contributed by atoms with Crippen molar-refractivity contribution in [1.29, 1.82) is 0 Å². The zero-order chi connectivity index (χ0) is 6.85. The molecule has 0 fully saturated rings. The smallest absolute Gasteiger partial charge is 0.0888 e. The van der Waals surface area contributed by atoms with Crippen molar-refractivity contribution in [3.8, 4) is 0 Å². The van der Waals surface area contributed by atoms with Crippen molar-refractivity contribution in [3.05, 3.63) is 29.3 Å². The summed E-state index contributed by atoms with van der Waals surface area (Å²) in [6.07, 6.45) is 0. The highest BCUT2D eigenvalue weighted by Gasteiger charge is 1.92. The number of hydrogen-bond donors (Lipinski definition) is 0. The van der Waals surface area contributed by atoms with Crippen molar-refractivity contribution in [2.24, 2.45) is 0 Å². The van der Waals surface area contributed by atoms with Crippen molar-refractivity contribution in [3.63, 3.8) is 0 Å². The lowest BCUT2D eigenvalue weighted by molar-refractivity contribution is 1.33. The molecule has 0 bridgehead atoms. The molecule has 0 atom stereocenters. The van der Waals surface area contributed by atoms with Gasteiger partial charge in [0.25, 0.3) is 0 Å². The van der Waals surface area contributed by atoms with Gasteiger partial charge in [-0.1, -0.05) is 12.1 Å². The lowest BCUT2D eigenvalue weighted by atomic mass is 10.1.